The summed E-state index contributed by atoms with van der Waals surface area (Å²) in [4.78, 5) is 13.5. The van der Waals surface area contributed by atoms with Gasteiger partial charge in [-0.05, 0) is 57.6 Å². The van der Waals surface area contributed by atoms with Crippen molar-refractivity contribution in [2.45, 2.75) is 19.3 Å². The van der Waals surface area contributed by atoms with Crippen molar-refractivity contribution in [2.24, 2.45) is 0 Å². The Hall–Kier alpha value is -4.57. The van der Waals surface area contributed by atoms with Crippen molar-refractivity contribution in [1.29, 1.82) is 0 Å². The van der Waals surface area contributed by atoms with Crippen LogP contribution in [-0.4, -0.2) is 19.5 Å². The van der Waals surface area contributed by atoms with Crippen molar-refractivity contribution >= 4 is 11.0 Å². The zero-order chi connectivity index (χ0) is 24.3. The van der Waals surface area contributed by atoms with Crippen molar-refractivity contribution < 1.29 is 0 Å². The molecule has 1 aliphatic rings. The first-order valence-corrected chi connectivity index (χ1v) is 12.2. The summed E-state index contributed by atoms with van der Waals surface area (Å²) in [5, 5.41) is 0. The van der Waals surface area contributed by atoms with Crippen LogP contribution in [0.1, 0.15) is 25.0 Å². The lowest BCUT2D eigenvalue weighted by Crippen LogP contribution is -2.26. The second-order valence-corrected chi connectivity index (χ2v) is 9.88. The molecular weight excluding hydrogens is 440 g/mol. The fourth-order valence-electron chi connectivity index (χ4n) is 5.54. The van der Waals surface area contributed by atoms with Crippen molar-refractivity contribution in [3.8, 4) is 39.3 Å². The summed E-state index contributed by atoms with van der Waals surface area (Å²) in [7, 11) is 0. The van der Waals surface area contributed by atoms with E-state index in [2.05, 4.69) is 119 Å². The topological polar surface area (TPSA) is 43.6 Å². The highest BCUT2D eigenvalue weighted by atomic mass is 15.1. The minimum Gasteiger partial charge on any atom is -0.292 e. The number of hydrogen-bond acceptors (Lipinski definition) is 3. The van der Waals surface area contributed by atoms with E-state index in [9.17, 15) is 0 Å². The van der Waals surface area contributed by atoms with Crippen molar-refractivity contribution in [2.75, 3.05) is 0 Å². The van der Waals surface area contributed by atoms with Crippen LogP contribution in [0.4, 0.5) is 0 Å². The average molecular weight is 465 g/mol. The molecule has 0 amide bonds. The molecule has 172 valence electrons. The minimum absolute atomic E-state index is 0.178. The summed E-state index contributed by atoms with van der Waals surface area (Å²) < 4.78 is 2.29. The maximum Gasteiger partial charge on any atom is 0.148 e. The highest BCUT2D eigenvalue weighted by Crippen LogP contribution is 2.47. The van der Waals surface area contributed by atoms with Gasteiger partial charge in [0.25, 0.3) is 0 Å². The lowest BCUT2D eigenvalue weighted by Gasteiger charge is -2.35. The summed E-state index contributed by atoms with van der Waals surface area (Å²) in [5.41, 5.74) is 11.5. The predicted molar refractivity (Wildman–Crippen MR) is 145 cm³/mol. The molecule has 0 spiro atoms. The molecule has 0 bridgehead atoms. The van der Waals surface area contributed by atoms with Crippen molar-refractivity contribution in [1.82, 2.24) is 19.5 Å². The molecule has 2 aromatic heterocycles. The SMILES string of the molecule is CC1(C)c2cc(-c3cccc(-c4ccccc4)c3)ccc2-n2c(-c3cncnc3)nc3cccc1c32. The molecule has 3 heterocycles. The van der Waals surface area contributed by atoms with E-state index in [0.29, 0.717) is 0 Å². The molecule has 7 rings (SSSR count). The molecule has 0 saturated heterocycles. The third-order valence-corrected chi connectivity index (χ3v) is 7.38. The van der Waals surface area contributed by atoms with Gasteiger partial charge in [-0.3, -0.25) is 4.57 Å². The fraction of sp³-hybridized carbons (Fsp3) is 0.0938. The number of hydrogen-bond donors (Lipinski definition) is 0. The van der Waals surface area contributed by atoms with Gasteiger partial charge in [0.1, 0.15) is 12.2 Å². The molecule has 6 aromatic rings. The molecule has 36 heavy (non-hydrogen) atoms. The van der Waals surface area contributed by atoms with Crippen LogP contribution in [-0.2, 0) is 5.41 Å². The zero-order valence-corrected chi connectivity index (χ0v) is 20.2. The first-order chi connectivity index (χ1) is 17.6. The van der Waals surface area contributed by atoms with Gasteiger partial charge < -0.3 is 0 Å². The third kappa shape index (κ3) is 3.04. The summed E-state index contributed by atoms with van der Waals surface area (Å²) in [5.74, 6) is 0.869. The Morgan fingerprint density at radius 1 is 0.611 bits per heavy atom. The Labute approximate surface area is 210 Å². The highest BCUT2D eigenvalue weighted by molar-refractivity contribution is 5.90. The second-order valence-electron chi connectivity index (χ2n) is 9.88. The van der Waals surface area contributed by atoms with E-state index in [1.54, 1.807) is 6.33 Å². The van der Waals surface area contributed by atoms with Gasteiger partial charge in [0, 0.05) is 17.8 Å². The third-order valence-electron chi connectivity index (χ3n) is 7.38. The molecule has 4 heteroatoms. The Morgan fingerprint density at radius 3 is 2.11 bits per heavy atom. The summed E-state index contributed by atoms with van der Waals surface area (Å²) >= 11 is 0. The molecular formula is C32H24N4. The highest BCUT2D eigenvalue weighted by Gasteiger charge is 2.36. The number of nitrogens with zero attached hydrogens (tertiary/aromatic N) is 4. The smallest absolute Gasteiger partial charge is 0.148 e. The molecule has 0 aliphatic carbocycles. The van der Waals surface area contributed by atoms with Crippen LogP contribution in [0.25, 0.3) is 50.4 Å². The zero-order valence-electron chi connectivity index (χ0n) is 20.2. The van der Waals surface area contributed by atoms with E-state index in [4.69, 9.17) is 4.98 Å². The van der Waals surface area contributed by atoms with Crippen LogP contribution in [0.15, 0.2) is 110 Å². The molecule has 0 radical (unpaired) electrons. The minimum atomic E-state index is -0.178. The molecule has 0 N–H and O–H groups in total. The maximum absolute atomic E-state index is 5.03. The van der Waals surface area contributed by atoms with Crippen LogP contribution in [0, 0.1) is 0 Å². The lowest BCUT2D eigenvalue weighted by molar-refractivity contribution is 0.629. The van der Waals surface area contributed by atoms with Crippen LogP contribution < -0.4 is 0 Å². The van der Waals surface area contributed by atoms with E-state index in [-0.39, 0.29) is 5.41 Å². The van der Waals surface area contributed by atoms with Crippen LogP contribution >= 0.6 is 0 Å². The molecule has 4 nitrogen and oxygen atoms in total. The van der Waals surface area contributed by atoms with Gasteiger partial charge in [0.15, 0.2) is 0 Å². The van der Waals surface area contributed by atoms with Gasteiger partial charge in [-0.15, -0.1) is 0 Å². The van der Waals surface area contributed by atoms with Crippen LogP contribution in [0.3, 0.4) is 0 Å². The van der Waals surface area contributed by atoms with E-state index in [0.717, 1.165) is 28.1 Å². The largest absolute Gasteiger partial charge is 0.292 e. The van der Waals surface area contributed by atoms with Crippen molar-refractivity contribution in [3.05, 3.63) is 121 Å². The van der Waals surface area contributed by atoms with E-state index < -0.39 is 0 Å². The number of rotatable bonds is 3. The van der Waals surface area contributed by atoms with E-state index in [1.165, 1.54) is 33.4 Å². The molecule has 0 atom stereocenters. The van der Waals surface area contributed by atoms with Gasteiger partial charge in [-0.2, -0.15) is 0 Å². The Balaban J connectivity index is 1.45. The Kier molecular flexibility index (Phi) is 4.45. The fourth-order valence-corrected chi connectivity index (χ4v) is 5.54. The average Bonchev–Trinajstić information content (AvgIpc) is 3.33. The lowest BCUT2D eigenvalue weighted by atomic mass is 9.74. The van der Waals surface area contributed by atoms with Crippen molar-refractivity contribution in [3.63, 3.8) is 0 Å². The molecule has 0 saturated carbocycles. The van der Waals surface area contributed by atoms with Gasteiger partial charge in [0.05, 0.1) is 22.3 Å². The van der Waals surface area contributed by atoms with Gasteiger partial charge in [0.2, 0.25) is 0 Å². The predicted octanol–water partition coefficient (Wildman–Crippen LogP) is 7.46. The molecule has 4 aromatic carbocycles. The van der Waals surface area contributed by atoms with Gasteiger partial charge in [-0.25, -0.2) is 15.0 Å². The number of imidazole rings is 1. The number of benzene rings is 4. The first-order valence-electron chi connectivity index (χ1n) is 12.2. The number of aromatic nitrogens is 4. The monoisotopic (exact) mass is 464 g/mol. The summed E-state index contributed by atoms with van der Waals surface area (Å²) in [6.07, 6.45) is 5.22. The maximum atomic E-state index is 5.03. The van der Waals surface area contributed by atoms with Gasteiger partial charge >= 0.3 is 0 Å². The normalized spacial score (nSPS) is 13.5. The quantitative estimate of drug-likeness (QED) is 0.273. The molecule has 1 aliphatic heterocycles. The Morgan fingerprint density at radius 2 is 1.31 bits per heavy atom. The number of fused-ring (bicyclic) bond motifs is 2. The second kappa shape index (κ2) is 7.72. The Bertz CT molecular complexity index is 1750. The van der Waals surface area contributed by atoms with Crippen LogP contribution in [0.5, 0.6) is 0 Å². The summed E-state index contributed by atoms with van der Waals surface area (Å²) in [6, 6.07) is 32.6. The first kappa shape index (κ1) is 20.8. The van der Waals surface area contributed by atoms with E-state index >= 15 is 0 Å². The van der Waals surface area contributed by atoms with E-state index in [1.807, 2.05) is 12.4 Å². The molecule has 0 unspecified atom stereocenters. The molecule has 0 fully saturated rings. The van der Waals surface area contributed by atoms with Gasteiger partial charge in [-0.1, -0.05) is 80.6 Å². The summed E-state index contributed by atoms with van der Waals surface area (Å²) in [6.45, 7) is 4.62. The van der Waals surface area contributed by atoms with Crippen LogP contribution in [0.2, 0.25) is 0 Å². The number of para-hydroxylation sites is 1. The standard InChI is InChI=1S/C32H24N4/c1-32(2)26-12-7-13-28-30(26)36(31(35-28)25-18-33-20-34-19-25)29-15-14-24(17-27(29)32)23-11-6-10-22(16-23)21-8-4-3-5-9-21/h3-20H,1-2H3.